The zero-order valence-corrected chi connectivity index (χ0v) is 10.3. The summed E-state index contributed by atoms with van der Waals surface area (Å²) in [6.07, 6.45) is -3.18. The van der Waals surface area contributed by atoms with Crippen molar-refractivity contribution in [1.82, 2.24) is 5.32 Å². The smallest absolute Gasteiger partial charge is 0.390 e. The molecule has 0 saturated heterocycles. The van der Waals surface area contributed by atoms with Gasteiger partial charge in [0.25, 0.3) is 5.91 Å². The first-order valence-corrected chi connectivity index (χ1v) is 6.00. The minimum Gasteiger partial charge on any atom is -0.478 e. The predicted molar refractivity (Wildman–Crippen MR) is 64.0 cm³/mol. The summed E-state index contributed by atoms with van der Waals surface area (Å²) >= 11 is 1.13. The number of carbonyl (C=O) groups is 2. The molecule has 0 radical (unpaired) electrons. The standard InChI is InChI=1S/C11H10F3NO3S/c12-11(13,14)3-4-15-10(18)7-5-8(19-6-7)1-2-9(16)17/h1-2,5-6H,3-4H2,(H,15,18)(H,16,17). The molecule has 0 bridgehead atoms. The van der Waals surface area contributed by atoms with Crippen LogP contribution in [0.3, 0.4) is 0 Å². The quantitative estimate of drug-likeness (QED) is 0.820. The Labute approximate surface area is 110 Å². The Bertz CT molecular complexity index is 494. The second-order valence-corrected chi connectivity index (χ2v) is 4.47. The van der Waals surface area contributed by atoms with E-state index in [1.54, 1.807) is 0 Å². The molecule has 0 aromatic carbocycles. The van der Waals surface area contributed by atoms with E-state index in [0.717, 1.165) is 17.4 Å². The molecule has 8 heteroatoms. The third-order valence-corrected chi connectivity index (χ3v) is 2.86. The zero-order chi connectivity index (χ0) is 14.5. The number of alkyl halides is 3. The van der Waals surface area contributed by atoms with Gasteiger partial charge in [-0.1, -0.05) is 0 Å². The van der Waals surface area contributed by atoms with E-state index in [9.17, 15) is 22.8 Å². The van der Waals surface area contributed by atoms with Crippen molar-refractivity contribution in [2.45, 2.75) is 12.6 Å². The molecule has 0 aliphatic carbocycles. The van der Waals surface area contributed by atoms with Crippen LogP contribution in [0.1, 0.15) is 21.7 Å². The van der Waals surface area contributed by atoms with E-state index in [1.165, 1.54) is 17.5 Å². The molecule has 1 amide bonds. The van der Waals surface area contributed by atoms with Crippen molar-refractivity contribution >= 4 is 29.3 Å². The molecular formula is C11H10F3NO3S. The number of hydrogen-bond donors (Lipinski definition) is 2. The first-order valence-electron chi connectivity index (χ1n) is 5.12. The number of carbonyl (C=O) groups excluding carboxylic acids is 1. The molecule has 0 spiro atoms. The highest BCUT2D eigenvalue weighted by molar-refractivity contribution is 7.11. The Morgan fingerprint density at radius 2 is 2.11 bits per heavy atom. The van der Waals surface area contributed by atoms with E-state index in [0.29, 0.717) is 4.88 Å². The van der Waals surface area contributed by atoms with Crippen LogP contribution in [0.25, 0.3) is 6.08 Å². The Morgan fingerprint density at radius 3 is 2.68 bits per heavy atom. The average Bonchev–Trinajstić information content (AvgIpc) is 2.73. The van der Waals surface area contributed by atoms with E-state index in [2.05, 4.69) is 5.32 Å². The normalized spacial score (nSPS) is 11.7. The largest absolute Gasteiger partial charge is 0.478 e. The number of nitrogens with one attached hydrogen (secondary N) is 1. The summed E-state index contributed by atoms with van der Waals surface area (Å²) in [6, 6.07) is 1.41. The summed E-state index contributed by atoms with van der Waals surface area (Å²) in [5.41, 5.74) is 0.206. The van der Waals surface area contributed by atoms with Crippen LogP contribution in [0.15, 0.2) is 17.5 Å². The molecule has 0 aliphatic rings. The third kappa shape index (κ3) is 6.05. The summed E-state index contributed by atoms with van der Waals surface area (Å²) in [7, 11) is 0. The lowest BCUT2D eigenvalue weighted by molar-refractivity contribution is -0.133. The van der Waals surface area contributed by atoms with E-state index in [4.69, 9.17) is 5.11 Å². The van der Waals surface area contributed by atoms with Crippen molar-refractivity contribution < 1.29 is 27.9 Å². The van der Waals surface area contributed by atoms with E-state index < -0.39 is 31.0 Å². The van der Waals surface area contributed by atoms with Gasteiger partial charge in [-0.2, -0.15) is 13.2 Å². The van der Waals surface area contributed by atoms with Crippen molar-refractivity contribution in [1.29, 1.82) is 0 Å². The second kappa shape index (κ2) is 6.37. The number of thiophene rings is 1. The molecule has 4 nitrogen and oxygen atoms in total. The van der Waals surface area contributed by atoms with Crippen molar-refractivity contribution in [2.24, 2.45) is 0 Å². The molecule has 0 fully saturated rings. The summed E-state index contributed by atoms with van der Waals surface area (Å²) < 4.78 is 35.6. The number of carboxylic acid groups (broad SMARTS) is 1. The molecule has 2 N–H and O–H groups in total. The fourth-order valence-corrected chi connectivity index (χ4v) is 1.91. The first-order chi connectivity index (χ1) is 8.78. The Kier molecular flexibility index (Phi) is 5.11. The molecule has 0 unspecified atom stereocenters. The van der Waals surface area contributed by atoms with Gasteiger partial charge in [-0.25, -0.2) is 4.79 Å². The number of aliphatic carboxylic acids is 1. The lowest BCUT2D eigenvalue weighted by Crippen LogP contribution is -2.27. The minimum absolute atomic E-state index is 0.206. The maximum absolute atomic E-state index is 11.9. The third-order valence-electron chi connectivity index (χ3n) is 1.97. The Morgan fingerprint density at radius 1 is 1.42 bits per heavy atom. The molecule has 104 valence electrons. The van der Waals surface area contributed by atoms with Gasteiger partial charge in [0.1, 0.15) is 0 Å². The van der Waals surface area contributed by atoms with Gasteiger partial charge < -0.3 is 10.4 Å². The molecule has 0 saturated carbocycles. The van der Waals surface area contributed by atoms with Gasteiger partial charge in [0, 0.05) is 22.9 Å². The molecule has 1 heterocycles. The van der Waals surface area contributed by atoms with Gasteiger partial charge in [-0.15, -0.1) is 11.3 Å². The van der Waals surface area contributed by atoms with E-state index in [-0.39, 0.29) is 5.56 Å². The SMILES string of the molecule is O=C(O)C=Cc1cc(C(=O)NCCC(F)(F)F)cs1. The zero-order valence-electron chi connectivity index (χ0n) is 9.53. The number of rotatable bonds is 5. The van der Waals surface area contributed by atoms with Crippen LogP contribution in [0.5, 0.6) is 0 Å². The highest BCUT2D eigenvalue weighted by Gasteiger charge is 2.26. The van der Waals surface area contributed by atoms with Crippen LogP contribution in [0.4, 0.5) is 13.2 Å². The van der Waals surface area contributed by atoms with Crippen molar-refractivity contribution in [2.75, 3.05) is 6.54 Å². The summed E-state index contributed by atoms with van der Waals surface area (Å²) in [5.74, 6) is -1.74. The maximum atomic E-state index is 11.9. The maximum Gasteiger partial charge on any atom is 0.390 e. The highest BCUT2D eigenvalue weighted by Crippen LogP contribution is 2.19. The Balaban J connectivity index is 2.52. The van der Waals surface area contributed by atoms with Gasteiger partial charge >= 0.3 is 12.1 Å². The van der Waals surface area contributed by atoms with Crippen molar-refractivity contribution in [3.05, 3.63) is 28.0 Å². The second-order valence-electron chi connectivity index (χ2n) is 3.53. The number of amides is 1. The van der Waals surface area contributed by atoms with E-state index in [1.807, 2.05) is 0 Å². The van der Waals surface area contributed by atoms with E-state index >= 15 is 0 Å². The molecule has 0 atom stereocenters. The summed E-state index contributed by atoms with van der Waals surface area (Å²) in [4.78, 5) is 22.3. The molecule has 1 rings (SSSR count). The van der Waals surface area contributed by atoms with Gasteiger partial charge in [0.2, 0.25) is 0 Å². The molecule has 1 aromatic heterocycles. The molecular weight excluding hydrogens is 283 g/mol. The van der Waals surface area contributed by atoms with Crippen molar-refractivity contribution in [3.63, 3.8) is 0 Å². The predicted octanol–water partition coefficient (Wildman–Crippen LogP) is 2.53. The number of halogens is 3. The lowest BCUT2D eigenvalue weighted by atomic mass is 10.2. The lowest BCUT2D eigenvalue weighted by Gasteiger charge is -2.06. The number of carboxylic acids is 1. The minimum atomic E-state index is -4.31. The van der Waals surface area contributed by atoms with Gasteiger partial charge in [-0.3, -0.25) is 4.79 Å². The summed E-state index contributed by atoms with van der Waals surface area (Å²) in [6.45, 7) is -0.488. The average molecular weight is 293 g/mol. The number of hydrogen-bond acceptors (Lipinski definition) is 3. The fourth-order valence-electron chi connectivity index (χ4n) is 1.13. The highest BCUT2D eigenvalue weighted by atomic mass is 32.1. The van der Waals surface area contributed by atoms with Crippen LogP contribution in [0.2, 0.25) is 0 Å². The van der Waals surface area contributed by atoms with Gasteiger partial charge in [-0.05, 0) is 12.1 Å². The first kappa shape index (κ1) is 15.2. The topological polar surface area (TPSA) is 66.4 Å². The molecule has 19 heavy (non-hydrogen) atoms. The van der Waals surface area contributed by atoms with Gasteiger partial charge in [0.15, 0.2) is 0 Å². The molecule has 1 aromatic rings. The van der Waals surface area contributed by atoms with Crippen LogP contribution in [-0.4, -0.2) is 29.7 Å². The van der Waals surface area contributed by atoms with Crippen molar-refractivity contribution in [3.8, 4) is 0 Å². The monoisotopic (exact) mass is 293 g/mol. The molecule has 0 aliphatic heterocycles. The fraction of sp³-hybridized carbons (Fsp3) is 0.273. The van der Waals surface area contributed by atoms with Crippen LogP contribution in [0, 0.1) is 0 Å². The van der Waals surface area contributed by atoms with Crippen LogP contribution < -0.4 is 5.32 Å². The summed E-state index contributed by atoms with van der Waals surface area (Å²) in [5, 5.41) is 12.0. The van der Waals surface area contributed by atoms with Crippen LogP contribution in [-0.2, 0) is 4.79 Å². The Hall–Kier alpha value is -1.83. The van der Waals surface area contributed by atoms with Crippen LogP contribution >= 0.6 is 11.3 Å². The van der Waals surface area contributed by atoms with Gasteiger partial charge in [0.05, 0.1) is 12.0 Å².